The molecule has 0 atom stereocenters. The van der Waals surface area contributed by atoms with E-state index in [1.165, 1.54) is 30.2 Å². The fourth-order valence-corrected chi connectivity index (χ4v) is 5.93. The quantitative estimate of drug-likeness (QED) is 0.199. The van der Waals surface area contributed by atoms with Gasteiger partial charge in [-0.1, -0.05) is 11.6 Å². The molecule has 3 aromatic rings. The maximum absolute atomic E-state index is 13.0. The van der Waals surface area contributed by atoms with Crippen LogP contribution < -0.4 is 19.9 Å². The van der Waals surface area contributed by atoms with E-state index < -0.39 is 12.2 Å². The highest BCUT2D eigenvalue weighted by Crippen LogP contribution is 2.49. The minimum absolute atomic E-state index is 0.202. The Morgan fingerprint density at radius 1 is 1.20 bits per heavy atom. The number of benzene rings is 1. The second-order valence-corrected chi connectivity index (χ2v) is 9.79. The fourth-order valence-electron chi connectivity index (χ4n) is 4.22. The third-order valence-electron chi connectivity index (χ3n) is 5.83. The number of amides is 2. The van der Waals surface area contributed by atoms with Crippen LogP contribution in [0.25, 0.3) is 11.4 Å². The maximum atomic E-state index is 13.0. The number of thioether (sulfide) groups is 1. The van der Waals surface area contributed by atoms with Gasteiger partial charge in [0.15, 0.2) is 22.4 Å². The van der Waals surface area contributed by atoms with Gasteiger partial charge in [0, 0.05) is 11.6 Å². The van der Waals surface area contributed by atoms with Crippen molar-refractivity contribution in [1.82, 2.24) is 14.5 Å². The van der Waals surface area contributed by atoms with Crippen molar-refractivity contribution < 1.29 is 23.8 Å². The van der Waals surface area contributed by atoms with Gasteiger partial charge >= 0.3 is 12.2 Å². The maximum Gasteiger partial charge on any atom is 0.513 e. The van der Waals surface area contributed by atoms with Crippen molar-refractivity contribution in [1.29, 1.82) is 0 Å². The molecule has 4 bridgehead atoms. The summed E-state index contributed by atoms with van der Waals surface area (Å²) in [7, 11) is 1.21. The number of ether oxygens (including phenoxy) is 3. The topological polar surface area (TPSA) is 112 Å². The smallest absolute Gasteiger partial charge is 0.437 e. The molecule has 0 unspecified atom stereocenters. The van der Waals surface area contributed by atoms with E-state index in [-0.39, 0.29) is 5.75 Å². The summed E-state index contributed by atoms with van der Waals surface area (Å²) in [6, 6.07) is 6.79. The number of morpholine rings is 1. The first-order valence-electron chi connectivity index (χ1n) is 10.6. The molecule has 1 saturated heterocycles. The van der Waals surface area contributed by atoms with Crippen molar-refractivity contribution in [2.75, 3.05) is 50.3 Å². The molecule has 0 radical (unpaired) electrons. The number of hydrogen-bond donors (Lipinski definition) is 2. The minimum atomic E-state index is -0.868. The van der Waals surface area contributed by atoms with Crippen LogP contribution in [0.3, 0.4) is 0 Å². The Bertz CT molecular complexity index is 1310. The van der Waals surface area contributed by atoms with Gasteiger partial charge in [-0.3, -0.25) is 5.32 Å². The van der Waals surface area contributed by atoms with Gasteiger partial charge in [-0.15, -0.1) is 23.1 Å². The van der Waals surface area contributed by atoms with Crippen molar-refractivity contribution in [2.24, 2.45) is 0 Å². The predicted octanol–water partition coefficient (Wildman–Crippen LogP) is 5.35. The van der Waals surface area contributed by atoms with Crippen molar-refractivity contribution in [2.45, 2.75) is 4.90 Å². The molecule has 1 fully saturated rings. The zero-order valence-corrected chi connectivity index (χ0v) is 21.2. The summed E-state index contributed by atoms with van der Waals surface area (Å²) >= 11 is 9.29. The first-order valence-corrected chi connectivity index (χ1v) is 13.1. The van der Waals surface area contributed by atoms with E-state index in [1.807, 2.05) is 24.5 Å². The summed E-state index contributed by atoms with van der Waals surface area (Å²) in [5.74, 6) is 1.55. The van der Waals surface area contributed by atoms with Gasteiger partial charge in [-0.2, -0.15) is 4.98 Å². The monoisotopic (exact) mass is 534 g/mol. The number of carbonyl (C=O) groups excluding carboxylic acids is 2. The number of fused-ring (bicyclic) bond motifs is 7. The molecule has 2 amide bonds. The highest BCUT2D eigenvalue weighted by Gasteiger charge is 2.44. The molecule has 5 rings (SSSR count). The van der Waals surface area contributed by atoms with E-state index in [9.17, 15) is 9.59 Å². The van der Waals surface area contributed by atoms with Crippen molar-refractivity contribution in [3.05, 3.63) is 34.8 Å². The highest BCUT2D eigenvalue weighted by molar-refractivity contribution is 7.98. The van der Waals surface area contributed by atoms with Crippen molar-refractivity contribution in [3.63, 3.8) is 0 Å². The Morgan fingerprint density at radius 3 is 2.74 bits per heavy atom. The van der Waals surface area contributed by atoms with E-state index in [0.717, 1.165) is 22.0 Å². The second-order valence-electron chi connectivity index (χ2n) is 7.70. The Kier molecular flexibility index (Phi) is 6.55. The third kappa shape index (κ3) is 4.32. The number of rotatable bonds is 4. The molecule has 13 heteroatoms. The number of carbonyl (C=O) groups is 2. The van der Waals surface area contributed by atoms with Gasteiger partial charge in [-0.25, -0.2) is 19.1 Å². The van der Waals surface area contributed by atoms with Gasteiger partial charge < -0.3 is 19.5 Å². The number of methoxy groups -OCH3 is 1. The lowest BCUT2D eigenvalue weighted by atomic mass is 10.1. The average Bonchev–Trinajstić information content (AvgIpc) is 3.27. The van der Waals surface area contributed by atoms with Crippen LogP contribution in [0.15, 0.2) is 34.5 Å². The molecule has 182 valence electrons. The number of aromatic nitrogens is 2. The molecule has 35 heavy (non-hydrogen) atoms. The molecular weight excluding hydrogens is 514 g/mol. The molecular formula is C22H21ClN5O5S2+. The number of nitrogens with zero attached hydrogens (tertiary/aromatic N) is 3. The predicted molar refractivity (Wildman–Crippen MR) is 136 cm³/mol. The van der Waals surface area contributed by atoms with Crippen LogP contribution in [0, 0.1) is 0 Å². The van der Waals surface area contributed by atoms with Crippen LogP contribution in [0.1, 0.15) is 0 Å². The van der Waals surface area contributed by atoms with Gasteiger partial charge in [0.2, 0.25) is 0 Å². The SMILES string of the molecule is COC(=O)Oc1ccsc1NC(=O)Nc1ccc2cc1[N+]1(CCOCC1)c1nc-2nc(Cl)c1SC. The van der Waals surface area contributed by atoms with Crippen molar-refractivity contribution in [3.8, 4) is 17.1 Å². The number of halogens is 1. The third-order valence-corrected chi connectivity index (χ3v) is 7.81. The van der Waals surface area contributed by atoms with E-state index >= 15 is 0 Å². The number of hydrogen-bond acceptors (Lipinski definition) is 9. The van der Waals surface area contributed by atoms with Gasteiger partial charge in [0.05, 0.1) is 20.3 Å². The van der Waals surface area contributed by atoms with E-state index in [0.29, 0.717) is 52.5 Å². The second kappa shape index (κ2) is 9.63. The molecule has 1 aromatic carbocycles. The van der Waals surface area contributed by atoms with Crippen LogP contribution in [-0.4, -0.2) is 61.8 Å². The first kappa shape index (κ1) is 23.8. The molecule has 10 nitrogen and oxygen atoms in total. The highest BCUT2D eigenvalue weighted by atomic mass is 35.5. The average molecular weight is 535 g/mol. The first-order chi connectivity index (χ1) is 16.9. The lowest BCUT2D eigenvalue weighted by Gasteiger charge is -2.40. The Hall–Kier alpha value is -2.90. The molecule has 2 aliphatic heterocycles. The molecule has 2 N–H and O–H groups in total. The molecule has 0 aliphatic carbocycles. The summed E-state index contributed by atoms with van der Waals surface area (Å²) in [5.41, 5.74) is 2.31. The van der Waals surface area contributed by atoms with Crippen LogP contribution in [0.5, 0.6) is 5.75 Å². The number of anilines is 2. The standard InChI is InChI=1S/C22H20ClN5O5S2/c1-31-22(30)33-15-5-10-35-20(15)27-21(29)24-13-4-3-12-11-14(13)28(6-8-32-9-7-28)19-16(34-2)17(23)25-18(12)26-19/h3-5,10-11H,6-9H2,1-2H3,(H-,24,25,26,27,29)/p+1. The van der Waals surface area contributed by atoms with Gasteiger partial charge in [-0.05, 0) is 29.8 Å². The molecule has 2 aromatic heterocycles. The molecule has 0 saturated carbocycles. The van der Waals surface area contributed by atoms with Crippen LogP contribution in [0.4, 0.5) is 31.8 Å². The summed E-state index contributed by atoms with van der Waals surface area (Å²) in [6.45, 7) is 2.32. The summed E-state index contributed by atoms with van der Waals surface area (Å²) in [6.07, 6.45) is 1.08. The van der Waals surface area contributed by atoms with Gasteiger partial charge in [0.1, 0.15) is 28.7 Å². The minimum Gasteiger partial charge on any atom is -0.437 e. The van der Waals surface area contributed by atoms with Crippen LogP contribution >= 0.6 is 34.7 Å². The summed E-state index contributed by atoms with van der Waals surface area (Å²) in [5, 5.41) is 8.19. The molecule has 1 spiro atoms. The summed E-state index contributed by atoms with van der Waals surface area (Å²) in [4.78, 5) is 34.7. The van der Waals surface area contributed by atoms with E-state index in [2.05, 4.69) is 20.4 Å². The van der Waals surface area contributed by atoms with Gasteiger partial charge in [0.25, 0.3) is 5.82 Å². The Balaban J connectivity index is 1.51. The zero-order chi connectivity index (χ0) is 24.6. The number of thiophene rings is 1. The lowest BCUT2D eigenvalue weighted by molar-refractivity contribution is 0.0624. The summed E-state index contributed by atoms with van der Waals surface area (Å²) < 4.78 is 15.7. The Morgan fingerprint density at radius 2 is 2.00 bits per heavy atom. The molecule has 2 aliphatic rings. The van der Waals surface area contributed by atoms with Crippen LogP contribution in [0.2, 0.25) is 5.15 Å². The number of nitrogens with one attached hydrogen (secondary N) is 2. The number of urea groups is 1. The zero-order valence-electron chi connectivity index (χ0n) is 18.8. The Labute approximate surface area is 214 Å². The normalized spacial score (nSPS) is 15.3. The lowest BCUT2D eigenvalue weighted by Crippen LogP contribution is -2.53. The van der Waals surface area contributed by atoms with Crippen LogP contribution in [-0.2, 0) is 9.47 Å². The fraction of sp³-hybridized carbons (Fsp3) is 0.273. The largest absolute Gasteiger partial charge is 0.513 e. The van der Waals surface area contributed by atoms with Crippen molar-refractivity contribution >= 4 is 69.1 Å². The van der Waals surface area contributed by atoms with E-state index in [1.54, 1.807) is 11.4 Å². The molecule has 4 heterocycles. The van der Waals surface area contributed by atoms with E-state index in [4.69, 9.17) is 26.1 Å². The number of quaternary nitrogens is 1.